The molecule has 71 heavy (non-hydrogen) atoms. The molecule has 378 valence electrons. The van der Waals surface area contributed by atoms with Crippen LogP contribution in [0.1, 0.15) is 102 Å². The number of anilines is 2. The molecule has 19 nitrogen and oxygen atoms in total. The fraction of sp³-hybridized carbons (Fsp3) is 0.431. The molecule has 1 unspecified atom stereocenters. The number of carbonyl (C=O) groups excluding carboxylic acids is 5. The van der Waals surface area contributed by atoms with Crippen molar-refractivity contribution in [1.82, 2.24) is 30.4 Å². The third-order valence-corrected chi connectivity index (χ3v) is 11.9. The summed E-state index contributed by atoms with van der Waals surface area (Å²) >= 11 is 0. The molecule has 1 atom stereocenters. The lowest BCUT2D eigenvalue weighted by molar-refractivity contribution is -0.137. The number of aromatic nitrogens is 2. The lowest BCUT2D eigenvalue weighted by Gasteiger charge is -2.29. The van der Waals surface area contributed by atoms with Crippen molar-refractivity contribution in [1.29, 1.82) is 10.8 Å². The zero-order valence-corrected chi connectivity index (χ0v) is 40.1. The number of fused-ring (bicyclic) bond motifs is 1. The quantitative estimate of drug-likeness (QED) is 0.0162. The number of rotatable bonds is 29. The maximum atomic E-state index is 14.7. The maximum absolute atomic E-state index is 14.7. The minimum atomic E-state index is -0.714. The number of benzene rings is 3. The summed E-state index contributed by atoms with van der Waals surface area (Å²) in [5, 5.41) is 27.8. The van der Waals surface area contributed by atoms with Gasteiger partial charge in [0, 0.05) is 86.0 Å². The molecule has 1 fully saturated rings. The minimum Gasteiger partial charge on any atom is -0.494 e. The van der Waals surface area contributed by atoms with Gasteiger partial charge in [-0.05, 0) is 93.1 Å². The standard InChI is InChI=1S/C51H63FN10O9/c1-61(48(54)43-20-21-55-34-58-43)45(53)32-56-37-12-9-11-35(29-37)49(65)57-31-36-30-38(16-17-41(36)52)71-24-8-3-2-6-22-68-25-27-70-28-26-69-23-7-4-5-15-46(63)59-42-14-10-13-39-40(42)33-62(51(39)67)44-18-19-47(64)60-50(44)66/h9-14,16-17,20-21,29-30,34,44,53-54,56H,2-8,15,18-19,22-28,31-33H2,1H3,(H,57,65)(H,59,63)(H,60,64,66). The van der Waals surface area contributed by atoms with Gasteiger partial charge in [0.1, 0.15) is 35.5 Å². The van der Waals surface area contributed by atoms with E-state index in [9.17, 15) is 28.4 Å². The van der Waals surface area contributed by atoms with Crippen molar-refractivity contribution in [2.24, 2.45) is 0 Å². The van der Waals surface area contributed by atoms with Gasteiger partial charge < -0.3 is 44.7 Å². The first-order chi connectivity index (χ1) is 34.5. The van der Waals surface area contributed by atoms with Gasteiger partial charge in [-0.15, -0.1) is 0 Å². The number of halogens is 1. The Bertz CT molecular complexity index is 2480. The summed E-state index contributed by atoms with van der Waals surface area (Å²) in [6.07, 6.45) is 9.60. The summed E-state index contributed by atoms with van der Waals surface area (Å²) in [7, 11) is 1.60. The van der Waals surface area contributed by atoms with Gasteiger partial charge in [0.25, 0.3) is 11.8 Å². The van der Waals surface area contributed by atoms with Crippen molar-refractivity contribution < 1.29 is 47.3 Å². The first-order valence-corrected chi connectivity index (χ1v) is 24.0. The molecule has 0 aliphatic carbocycles. The topological polar surface area (TPSA) is 250 Å². The first kappa shape index (κ1) is 53.2. The highest BCUT2D eigenvalue weighted by Crippen LogP contribution is 2.32. The number of ether oxygens (including phenoxy) is 4. The number of hydrogen-bond donors (Lipinski definition) is 6. The second-order valence-electron chi connectivity index (χ2n) is 17.0. The van der Waals surface area contributed by atoms with Gasteiger partial charge in [0.05, 0.1) is 39.6 Å². The van der Waals surface area contributed by atoms with E-state index >= 15 is 0 Å². The van der Waals surface area contributed by atoms with Crippen LogP contribution >= 0.6 is 0 Å². The molecule has 6 rings (SSSR count). The van der Waals surface area contributed by atoms with Gasteiger partial charge in [-0.2, -0.15) is 0 Å². The van der Waals surface area contributed by atoms with Gasteiger partial charge in [0.2, 0.25) is 17.7 Å². The third-order valence-electron chi connectivity index (χ3n) is 11.9. The number of carbonyl (C=O) groups is 5. The Labute approximate surface area is 412 Å². The second kappa shape index (κ2) is 27.9. The van der Waals surface area contributed by atoms with Crippen LogP contribution in [0, 0.1) is 16.6 Å². The Balaban J connectivity index is 0.727. The van der Waals surface area contributed by atoms with E-state index < -0.39 is 17.8 Å². The van der Waals surface area contributed by atoms with E-state index in [-0.39, 0.29) is 67.8 Å². The van der Waals surface area contributed by atoms with Crippen molar-refractivity contribution in [2.45, 2.75) is 83.3 Å². The molecular weight excluding hydrogens is 916 g/mol. The van der Waals surface area contributed by atoms with Gasteiger partial charge in [0.15, 0.2) is 5.84 Å². The highest BCUT2D eigenvalue weighted by Gasteiger charge is 2.40. The molecular formula is C51H63FN10O9. The highest BCUT2D eigenvalue weighted by molar-refractivity contribution is 6.07. The summed E-state index contributed by atoms with van der Waals surface area (Å²) in [6.45, 7) is 3.82. The molecule has 0 spiro atoms. The molecule has 1 saturated heterocycles. The van der Waals surface area contributed by atoms with Crippen LogP contribution in [0.25, 0.3) is 0 Å². The van der Waals surface area contributed by atoms with Crippen LogP contribution in [0.3, 0.4) is 0 Å². The van der Waals surface area contributed by atoms with E-state index in [4.69, 9.17) is 29.8 Å². The number of hydrogen-bond acceptors (Lipinski definition) is 14. The van der Waals surface area contributed by atoms with Crippen LogP contribution in [-0.2, 0) is 41.7 Å². The Kier molecular flexibility index (Phi) is 20.9. The normalized spacial score (nSPS) is 14.1. The molecule has 6 N–H and O–H groups in total. The van der Waals surface area contributed by atoms with E-state index in [1.807, 2.05) is 0 Å². The van der Waals surface area contributed by atoms with Crippen molar-refractivity contribution in [3.63, 3.8) is 0 Å². The maximum Gasteiger partial charge on any atom is 0.255 e. The molecule has 1 aromatic heterocycles. The summed E-state index contributed by atoms with van der Waals surface area (Å²) in [5.74, 6) is -1.39. The number of unbranched alkanes of at least 4 members (excludes halogenated alkanes) is 5. The van der Waals surface area contributed by atoms with E-state index in [1.165, 1.54) is 28.4 Å². The van der Waals surface area contributed by atoms with Crippen molar-refractivity contribution >= 4 is 52.6 Å². The molecule has 5 amide bonds. The number of nitrogens with zero attached hydrogens (tertiary/aromatic N) is 4. The minimum absolute atomic E-state index is 0.0325. The number of imide groups is 1. The number of amides is 5. The number of amidine groups is 2. The molecule has 3 aromatic carbocycles. The molecule has 3 heterocycles. The Hall–Kier alpha value is -7.16. The third kappa shape index (κ3) is 16.5. The van der Waals surface area contributed by atoms with Crippen molar-refractivity contribution in [2.75, 3.05) is 70.5 Å². The van der Waals surface area contributed by atoms with E-state index in [2.05, 4.69) is 31.2 Å². The monoisotopic (exact) mass is 978 g/mol. The van der Waals surface area contributed by atoms with Gasteiger partial charge >= 0.3 is 0 Å². The largest absolute Gasteiger partial charge is 0.494 e. The van der Waals surface area contributed by atoms with Crippen molar-refractivity contribution in [3.05, 3.63) is 113 Å². The van der Waals surface area contributed by atoms with Gasteiger partial charge in [-0.3, -0.25) is 40.1 Å². The van der Waals surface area contributed by atoms with Crippen LogP contribution in [0.4, 0.5) is 15.8 Å². The summed E-state index contributed by atoms with van der Waals surface area (Å²) in [5.41, 5.74) is 3.34. The van der Waals surface area contributed by atoms with E-state index in [1.54, 1.807) is 67.7 Å². The lowest BCUT2D eigenvalue weighted by atomic mass is 10.0. The number of piperidine rings is 1. The fourth-order valence-corrected chi connectivity index (χ4v) is 7.84. The molecule has 0 saturated carbocycles. The second-order valence-corrected chi connectivity index (χ2v) is 17.0. The van der Waals surface area contributed by atoms with Crippen LogP contribution < -0.4 is 26.0 Å². The molecule has 0 radical (unpaired) electrons. The Morgan fingerprint density at radius 3 is 2.31 bits per heavy atom. The average Bonchev–Trinajstić information content (AvgIpc) is 3.72. The zero-order chi connectivity index (χ0) is 50.4. The number of likely N-dealkylation sites (N-methyl/N-ethyl adjacent to an activating group) is 1. The first-order valence-electron chi connectivity index (χ1n) is 24.0. The molecule has 4 aromatic rings. The van der Waals surface area contributed by atoms with Gasteiger partial charge in [-0.25, -0.2) is 14.4 Å². The van der Waals surface area contributed by atoms with E-state index in [0.717, 1.165) is 38.5 Å². The highest BCUT2D eigenvalue weighted by atomic mass is 19.1. The van der Waals surface area contributed by atoms with Crippen molar-refractivity contribution in [3.8, 4) is 5.75 Å². The van der Waals surface area contributed by atoms with Gasteiger partial charge in [-0.1, -0.05) is 25.0 Å². The summed E-state index contributed by atoms with van der Waals surface area (Å²) < 4.78 is 37.5. The van der Waals surface area contributed by atoms with Crippen LogP contribution in [0.15, 0.2) is 79.3 Å². The van der Waals surface area contributed by atoms with Crippen LogP contribution in [0.2, 0.25) is 0 Å². The van der Waals surface area contributed by atoms with E-state index in [0.29, 0.717) is 104 Å². The molecule has 20 heteroatoms. The Morgan fingerprint density at radius 2 is 1.58 bits per heavy atom. The SMILES string of the molecule is CN(C(=N)CNc1cccc(C(=O)NCc2cc(OCCCCCCOCCOCCOCCCCCC(=O)Nc3cccc4c3CN(C3CCC(=O)NC3=O)C4=O)ccc2F)c1)C(=N)c1ccncn1. The van der Waals surface area contributed by atoms with Crippen LogP contribution in [-0.4, -0.2) is 127 Å². The molecule has 0 bridgehead atoms. The average molecular weight is 979 g/mol. The molecule has 2 aliphatic rings. The summed E-state index contributed by atoms with van der Waals surface area (Å²) in [6, 6.07) is 17.3. The fourth-order valence-electron chi connectivity index (χ4n) is 7.84. The lowest BCUT2D eigenvalue weighted by Crippen LogP contribution is -2.52. The molecule has 2 aliphatic heterocycles. The predicted molar refractivity (Wildman–Crippen MR) is 263 cm³/mol. The smallest absolute Gasteiger partial charge is 0.255 e. The summed E-state index contributed by atoms with van der Waals surface area (Å²) in [4.78, 5) is 73.5. The Morgan fingerprint density at radius 1 is 0.859 bits per heavy atom. The predicted octanol–water partition coefficient (Wildman–Crippen LogP) is 5.84. The number of nitrogens with one attached hydrogen (secondary N) is 6. The zero-order valence-electron chi connectivity index (χ0n) is 40.1. The van der Waals surface area contributed by atoms with Crippen LogP contribution in [0.5, 0.6) is 5.75 Å².